The molecule has 7 heteroatoms. The molecule has 0 aliphatic carbocycles. The smallest absolute Gasteiger partial charge is 0.338 e. The van der Waals surface area contributed by atoms with E-state index < -0.39 is 35.9 Å². The molecule has 114 valence electrons. The molecular formula is C15H10F3NO3. The highest BCUT2D eigenvalue weighted by Crippen LogP contribution is 2.10. The lowest BCUT2D eigenvalue weighted by atomic mass is 10.2. The van der Waals surface area contributed by atoms with Crippen LogP contribution >= 0.6 is 0 Å². The second kappa shape index (κ2) is 6.75. The maximum absolute atomic E-state index is 12.9. The zero-order chi connectivity index (χ0) is 16.1. The predicted molar refractivity (Wildman–Crippen MR) is 71.7 cm³/mol. The van der Waals surface area contributed by atoms with E-state index in [0.29, 0.717) is 11.8 Å². The molecule has 2 rings (SSSR count). The van der Waals surface area contributed by atoms with E-state index in [9.17, 15) is 22.8 Å². The van der Waals surface area contributed by atoms with E-state index in [4.69, 9.17) is 0 Å². The van der Waals surface area contributed by atoms with Crippen molar-refractivity contribution in [3.63, 3.8) is 0 Å². The average molecular weight is 309 g/mol. The second-order valence-corrected chi connectivity index (χ2v) is 4.29. The van der Waals surface area contributed by atoms with Gasteiger partial charge in [0.25, 0.3) is 5.91 Å². The van der Waals surface area contributed by atoms with Crippen LogP contribution in [0.1, 0.15) is 10.4 Å². The van der Waals surface area contributed by atoms with Gasteiger partial charge in [-0.05, 0) is 36.4 Å². The molecule has 1 N–H and O–H groups in total. The van der Waals surface area contributed by atoms with Crippen molar-refractivity contribution in [2.75, 3.05) is 11.9 Å². The number of ether oxygens (including phenoxy) is 1. The normalized spacial score (nSPS) is 10.1. The van der Waals surface area contributed by atoms with Gasteiger partial charge in [-0.3, -0.25) is 4.79 Å². The Labute approximate surface area is 123 Å². The number of nitrogens with one attached hydrogen (secondary N) is 1. The Balaban J connectivity index is 1.90. The van der Waals surface area contributed by atoms with Crippen molar-refractivity contribution in [2.45, 2.75) is 0 Å². The number of hydrogen-bond acceptors (Lipinski definition) is 3. The van der Waals surface area contributed by atoms with Gasteiger partial charge in [0.15, 0.2) is 6.61 Å². The van der Waals surface area contributed by atoms with E-state index in [-0.39, 0.29) is 5.56 Å². The first-order valence-corrected chi connectivity index (χ1v) is 6.12. The minimum Gasteiger partial charge on any atom is -0.452 e. The Hall–Kier alpha value is -2.83. The van der Waals surface area contributed by atoms with E-state index in [0.717, 1.165) is 24.3 Å². The van der Waals surface area contributed by atoms with Gasteiger partial charge in [-0.15, -0.1) is 0 Å². The highest BCUT2D eigenvalue weighted by atomic mass is 19.1. The Morgan fingerprint density at radius 3 is 2.09 bits per heavy atom. The predicted octanol–water partition coefficient (Wildman–Crippen LogP) is 2.90. The molecular weight excluding hydrogens is 299 g/mol. The van der Waals surface area contributed by atoms with Crippen LogP contribution in [0.25, 0.3) is 0 Å². The van der Waals surface area contributed by atoms with Crippen LogP contribution in [0.3, 0.4) is 0 Å². The van der Waals surface area contributed by atoms with Crippen LogP contribution in [-0.2, 0) is 9.53 Å². The van der Waals surface area contributed by atoms with Crippen molar-refractivity contribution in [1.29, 1.82) is 0 Å². The maximum atomic E-state index is 12.9. The molecule has 2 aromatic carbocycles. The van der Waals surface area contributed by atoms with Crippen molar-refractivity contribution in [3.05, 3.63) is 65.5 Å². The number of hydrogen-bond donors (Lipinski definition) is 1. The molecule has 0 unspecified atom stereocenters. The summed E-state index contributed by atoms with van der Waals surface area (Å²) in [6.07, 6.45) is 0. The van der Waals surface area contributed by atoms with Crippen molar-refractivity contribution >= 4 is 17.6 Å². The zero-order valence-electron chi connectivity index (χ0n) is 11.1. The summed E-state index contributed by atoms with van der Waals surface area (Å²) in [5.74, 6) is -4.02. The van der Waals surface area contributed by atoms with Crippen LogP contribution in [0, 0.1) is 17.5 Å². The number of benzene rings is 2. The third kappa shape index (κ3) is 4.34. The van der Waals surface area contributed by atoms with Gasteiger partial charge in [0, 0.05) is 11.8 Å². The summed E-state index contributed by atoms with van der Waals surface area (Å²) >= 11 is 0. The van der Waals surface area contributed by atoms with Gasteiger partial charge in [-0.2, -0.15) is 0 Å². The van der Waals surface area contributed by atoms with Gasteiger partial charge < -0.3 is 10.1 Å². The summed E-state index contributed by atoms with van der Waals surface area (Å²) in [5.41, 5.74) is -0.0219. The van der Waals surface area contributed by atoms with Gasteiger partial charge in [-0.25, -0.2) is 18.0 Å². The molecule has 0 bridgehead atoms. The fourth-order valence-corrected chi connectivity index (χ4v) is 1.62. The standard InChI is InChI=1S/C15H10F3NO3/c16-10-1-3-13(4-2-10)19-14(20)8-22-15(21)9-5-11(17)7-12(18)6-9/h1-7H,8H2,(H,19,20). The summed E-state index contributed by atoms with van der Waals surface area (Å²) in [7, 11) is 0. The van der Waals surface area contributed by atoms with Crippen LogP contribution in [0.2, 0.25) is 0 Å². The molecule has 0 heterocycles. The van der Waals surface area contributed by atoms with Crippen molar-refractivity contribution in [3.8, 4) is 0 Å². The topological polar surface area (TPSA) is 55.4 Å². The summed E-state index contributed by atoms with van der Waals surface area (Å²) in [6, 6.07) is 7.16. The number of rotatable bonds is 4. The Bertz CT molecular complexity index is 681. The molecule has 0 saturated heterocycles. The number of amides is 1. The van der Waals surface area contributed by atoms with E-state index in [1.165, 1.54) is 12.1 Å². The van der Waals surface area contributed by atoms with Gasteiger partial charge >= 0.3 is 5.97 Å². The number of esters is 1. The molecule has 0 fully saturated rings. The third-order valence-electron chi connectivity index (χ3n) is 2.56. The first-order valence-electron chi connectivity index (χ1n) is 6.12. The van der Waals surface area contributed by atoms with Gasteiger partial charge in [0.05, 0.1) is 5.56 Å². The fraction of sp³-hybridized carbons (Fsp3) is 0.0667. The second-order valence-electron chi connectivity index (χ2n) is 4.29. The van der Waals surface area contributed by atoms with E-state index >= 15 is 0 Å². The first-order chi connectivity index (χ1) is 10.4. The molecule has 0 atom stereocenters. The number of carbonyl (C=O) groups excluding carboxylic acids is 2. The SMILES string of the molecule is O=C(COC(=O)c1cc(F)cc(F)c1)Nc1ccc(F)cc1. The molecule has 0 aliphatic rings. The van der Waals surface area contributed by atoms with E-state index in [1.807, 2.05) is 0 Å². The Morgan fingerprint density at radius 2 is 1.50 bits per heavy atom. The Kier molecular flexibility index (Phi) is 4.77. The number of halogens is 3. The summed E-state index contributed by atoms with van der Waals surface area (Å²) in [4.78, 5) is 23.1. The van der Waals surface area contributed by atoms with Crippen LogP contribution in [0.4, 0.5) is 18.9 Å². The molecule has 4 nitrogen and oxygen atoms in total. The lowest BCUT2D eigenvalue weighted by Crippen LogP contribution is -2.21. The average Bonchev–Trinajstić information content (AvgIpc) is 2.46. The van der Waals surface area contributed by atoms with Crippen molar-refractivity contribution in [2.24, 2.45) is 0 Å². The van der Waals surface area contributed by atoms with Crippen LogP contribution in [0.5, 0.6) is 0 Å². The highest BCUT2D eigenvalue weighted by Gasteiger charge is 2.13. The van der Waals surface area contributed by atoms with Crippen LogP contribution in [-0.4, -0.2) is 18.5 Å². The largest absolute Gasteiger partial charge is 0.452 e. The number of carbonyl (C=O) groups is 2. The molecule has 0 radical (unpaired) electrons. The van der Waals surface area contributed by atoms with E-state index in [1.54, 1.807) is 0 Å². The minimum atomic E-state index is -1.03. The molecule has 0 saturated carbocycles. The van der Waals surface area contributed by atoms with Crippen molar-refractivity contribution in [1.82, 2.24) is 0 Å². The minimum absolute atomic E-state index is 0.319. The fourth-order valence-electron chi connectivity index (χ4n) is 1.62. The lowest BCUT2D eigenvalue weighted by molar-refractivity contribution is -0.119. The van der Waals surface area contributed by atoms with Crippen molar-refractivity contribution < 1.29 is 27.5 Å². The molecule has 0 aliphatic heterocycles. The monoisotopic (exact) mass is 309 g/mol. The molecule has 1 amide bonds. The summed E-state index contributed by atoms with van der Waals surface area (Å²) in [5, 5.41) is 2.37. The van der Waals surface area contributed by atoms with Gasteiger partial charge in [-0.1, -0.05) is 0 Å². The quantitative estimate of drug-likeness (QED) is 0.884. The lowest BCUT2D eigenvalue weighted by Gasteiger charge is -2.07. The summed E-state index contributed by atoms with van der Waals surface area (Å²) in [6.45, 7) is -0.645. The van der Waals surface area contributed by atoms with E-state index in [2.05, 4.69) is 10.1 Å². The first kappa shape index (κ1) is 15.6. The number of anilines is 1. The van der Waals surface area contributed by atoms with Crippen LogP contribution < -0.4 is 5.32 Å². The maximum Gasteiger partial charge on any atom is 0.338 e. The summed E-state index contributed by atoms with van der Waals surface area (Å²) < 4.78 is 43.2. The third-order valence-corrected chi connectivity index (χ3v) is 2.56. The van der Waals surface area contributed by atoms with Crippen LogP contribution in [0.15, 0.2) is 42.5 Å². The molecule has 0 spiro atoms. The van der Waals surface area contributed by atoms with Gasteiger partial charge in [0.2, 0.25) is 0 Å². The molecule has 2 aromatic rings. The Morgan fingerprint density at radius 1 is 0.909 bits per heavy atom. The van der Waals surface area contributed by atoms with Gasteiger partial charge in [0.1, 0.15) is 17.5 Å². The highest BCUT2D eigenvalue weighted by molar-refractivity contribution is 5.95. The molecule has 22 heavy (non-hydrogen) atoms. The zero-order valence-corrected chi connectivity index (χ0v) is 11.1. The molecule has 0 aromatic heterocycles.